The Labute approximate surface area is 112 Å². The lowest BCUT2D eigenvalue weighted by molar-refractivity contribution is -0.123. The number of fused-ring (bicyclic) bond motifs is 2. The summed E-state index contributed by atoms with van der Waals surface area (Å²) in [6.45, 7) is 0. The van der Waals surface area contributed by atoms with Gasteiger partial charge in [-0.3, -0.25) is 9.48 Å². The van der Waals surface area contributed by atoms with Crippen LogP contribution in [0, 0.1) is 5.92 Å². The molecule has 102 valence electrons. The molecule has 2 aliphatic heterocycles. The summed E-state index contributed by atoms with van der Waals surface area (Å²) in [6, 6.07) is 0.251. The maximum Gasteiger partial charge on any atom is 0.224 e. The maximum atomic E-state index is 12.2. The van der Waals surface area contributed by atoms with E-state index in [4.69, 9.17) is 4.74 Å². The Hall–Kier alpha value is -1.36. The van der Waals surface area contributed by atoms with Crippen molar-refractivity contribution in [2.24, 2.45) is 13.0 Å². The average Bonchev–Trinajstić information content (AvgIpc) is 2.74. The van der Waals surface area contributed by atoms with E-state index in [9.17, 15) is 4.79 Å². The summed E-state index contributed by atoms with van der Waals surface area (Å²) in [5, 5.41) is 7.36. The van der Waals surface area contributed by atoms with E-state index in [0.29, 0.717) is 12.0 Å². The van der Waals surface area contributed by atoms with Crippen LogP contribution in [0.3, 0.4) is 0 Å². The Morgan fingerprint density at radius 1 is 1.47 bits per heavy atom. The predicted octanol–water partition coefficient (Wildman–Crippen LogP) is 0.960. The van der Waals surface area contributed by atoms with E-state index < -0.39 is 0 Å². The summed E-state index contributed by atoms with van der Waals surface area (Å²) in [6.07, 6.45) is 8.77. The molecule has 1 amide bonds. The molecule has 1 aliphatic carbocycles. The Balaban J connectivity index is 1.35. The van der Waals surface area contributed by atoms with Gasteiger partial charge in [0.25, 0.3) is 0 Å². The smallest absolute Gasteiger partial charge is 0.224 e. The highest BCUT2D eigenvalue weighted by atomic mass is 16.5. The fourth-order valence-corrected chi connectivity index (χ4v) is 3.56. The van der Waals surface area contributed by atoms with Gasteiger partial charge in [0.05, 0.1) is 24.4 Å². The SMILES string of the molecule is Cn1cc([C@@H]2C[C@H]2C(=O)N[C@@H]2C[C@H]3CC[C@@H]2O3)cn1. The number of aryl methyl sites for hydroxylation is 1. The predicted molar refractivity (Wildman–Crippen MR) is 68.5 cm³/mol. The molecule has 1 saturated carbocycles. The van der Waals surface area contributed by atoms with Gasteiger partial charge >= 0.3 is 0 Å². The Kier molecular flexibility index (Phi) is 2.45. The first-order valence-corrected chi connectivity index (χ1v) is 7.15. The quantitative estimate of drug-likeness (QED) is 0.881. The van der Waals surface area contributed by atoms with Gasteiger partial charge in [0.1, 0.15) is 0 Å². The Morgan fingerprint density at radius 2 is 2.37 bits per heavy atom. The first kappa shape index (κ1) is 11.5. The van der Waals surface area contributed by atoms with Gasteiger partial charge in [0.2, 0.25) is 5.91 Å². The minimum atomic E-state index is 0.142. The van der Waals surface area contributed by atoms with Crippen LogP contribution < -0.4 is 5.32 Å². The van der Waals surface area contributed by atoms with Crippen LogP contribution in [0.4, 0.5) is 0 Å². The largest absolute Gasteiger partial charge is 0.373 e. The lowest BCUT2D eigenvalue weighted by Crippen LogP contribution is -2.42. The second kappa shape index (κ2) is 4.07. The van der Waals surface area contributed by atoms with Crippen LogP contribution in [0.2, 0.25) is 0 Å². The van der Waals surface area contributed by atoms with Crippen LogP contribution in [0.15, 0.2) is 12.4 Å². The molecule has 2 bridgehead atoms. The number of carbonyl (C=O) groups excluding carboxylic acids is 1. The zero-order chi connectivity index (χ0) is 13.0. The molecule has 1 aromatic rings. The number of hydrogen-bond donors (Lipinski definition) is 1. The lowest BCUT2D eigenvalue weighted by atomic mass is 9.95. The third-order valence-electron chi connectivity index (χ3n) is 4.71. The monoisotopic (exact) mass is 261 g/mol. The maximum absolute atomic E-state index is 12.2. The molecule has 19 heavy (non-hydrogen) atoms. The molecule has 0 spiro atoms. The van der Waals surface area contributed by atoms with Crippen molar-refractivity contribution >= 4 is 5.91 Å². The van der Waals surface area contributed by atoms with E-state index in [1.165, 1.54) is 12.0 Å². The summed E-state index contributed by atoms with van der Waals surface area (Å²) < 4.78 is 7.57. The van der Waals surface area contributed by atoms with E-state index >= 15 is 0 Å². The molecule has 0 unspecified atom stereocenters. The molecule has 0 aromatic carbocycles. The molecule has 4 rings (SSSR count). The van der Waals surface area contributed by atoms with E-state index in [1.54, 1.807) is 4.68 Å². The molecule has 1 aromatic heterocycles. The van der Waals surface area contributed by atoms with Crippen LogP contribution in [0.1, 0.15) is 37.2 Å². The van der Waals surface area contributed by atoms with Crippen LogP contribution in [-0.4, -0.2) is 33.9 Å². The molecular formula is C14H19N3O2. The lowest BCUT2D eigenvalue weighted by Gasteiger charge is -2.20. The molecule has 0 radical (unpaired) electrons. The van der Waals surface area contributed by atoms with Crippen molar-refractivity contribution in [3.63, 3.8) is 0 Å². The second-order valence-corrected chi connectivity index (χ2v) is 6.12. The summed E-state index contributed by atoms with van der Waals surface area (Å²) in [4.78, 5) is 12.2. The summed E-state index contributed by atoms with van der Waals surface area (Å²) >= 11 is 0. The minimum Gasteiger partial charge on any atom is -0.373 e. The highest BCUT2D eigenvalue weighted by Gasteiger charge is 2.47. The topological polar surface area (TPSA) is 56.2 Å². The van der Waals surface area contributed by atoms with Gasteiger partial charge < -0.3 is 10.1 Å². The highest BCUT2D eigenvalue weighted by molar-refractivity contribution is 5.83. The van der Waals surface area contributed by atoms with Gasteiger partial charge in [-0.15, -0.1) is 0 Å². The van der Waals surface area contributed by atoms with Gasteiger partial charge in [0.15, 0.2) is 0 Å². The van der Waals surface area contributed by atoms with Crippen molar-refractivity contribution in [1.82, 2.24) is 15.1 Å². The standard InChI is InChI=1S/C14H19N3O2/c1-17-7-8(6-15-17)10-5-11(10)14(18)16-12-4-9-2-3-13(12)19-9/h6-7,9-13H,2-5H2,1H3,(H,16,18)/t9-,10+,11-,12-,13+/m1/s1. The number of aromatic nitrogens is 2. The third kappa shape index (κ3) is 1.96. The Bertz CT molecular complexity index is 513. The van der Waals surface area contributed by atoms with Gasteiger partial charge in [-0.25, -0.2) is 0 Å². The van der Waals surface area contributed by atoms with Gasteiger partial charge in [-0.2, -0.15) is 5.10 Å². The van der Waals surface area contributed by atoms with Gasteiger partial charge in [0, 0.05) is 19.2 Å². The number of ether oxygens (including phenoxy) is 1. The van der Waals surface area contributed by atoms with Crippen molar-refractivity contribution in [2.45, 2.75) is 49.9 Å². The van der Waals surface area contributed by atoms with Crippen LogP contribution in [-0.2, 0) is 16.6 Å². The average molecular weight is 261 g/mol. The van der Waals surface area contributed by atoms with Crippen molar-refractivity contribution in [1.29, 1.82) is 0 Å². The van der Waals surface area contributed by atoms with E-state index in [2.05, 4.69) is 10.4 Å². The molecule has 2 saturated heterocycles. The van der Waals surface area contributed by atoms with E-state index in [1.807, 2.05) is 19.4 Å². The third-order valence-corrected chi connectivity index (χ3v) is 4.71. The second-order valence-electron chi connectivity index (χ2n) is 6.12. The van der Waals surface area contributed by atoms with Crippen molar-refractivity contribution in [3.8, 4) is 0 Å². The first-order valence-electron chi connectivity index (χ1n) is 7.15. The molecule has 3 heterocycles. The highest BCUT2D eigenvalue weighted by Crippen LogP contribution is 2.47. The van der Waals surface area contributed by atoms with Gasteiger partial charge in [-0.05, 0) is 37.2 Å². The summed E-state index contributed by atoms with van der Waals surface area (Å²) in [5.41, 5.74) is 1.19. The van der Waals surface area contributed by atoms with Crippen LogP contribution in [0.5, 0.6) is 0 Å². The van der Waals surface area contributed by atoms with Crippen molar-refractivity contribution < 1.29 is 9.53 Å². The van der Waals surface area contributed by atoms with Crippen LogP contribution in [0.25, 0.3) is 0 Å². The zero-order valence-corrected chi connectivity index (χ0v) is 11.1. The van der Waals surface area contributed by atoms with Crippen molar-refractivity contribution in [3.05, 3.63) is 18.0 Å². The molecule has 3 fully saturated rings. The normalized spacial score (nSPS) is 39.5. The number of nitrogens with zero attached hydrogens (tertiary/aromatic N) is 2. The molecule has 5 nitrogen and oxygen atoms in total. The molecule has 5 heteroatoms. The van der Waals surface area contributed by atoms with Crippen LogP contribution >= 0.6 is 0 Å². The summed E-state index contributed by atoms with van der Waals surface area (Å²) in [7, 11) is 1.91. The number of rotatable bonds is 3. The number of hydrogen-bond acceptors (Lipinski definition) is 3. The molecule has 5 atom stereocenters. The fourth-order valence-electron chi connectivity index (χ4n) is 3.56. The van der Waals surface area contributed by atoms with E-state index in [-0.39, 0.29) is 24.0 Å². The number of amides is 1. The van der Waals surface area contributed by atoms with Gasteiger partial charge in [-0.1, -0.05) is 0 Å². The molecule has 3 aliphatic rings. The van der Waals surface area contributed by atoms with E-state index in [0.717, 1.165) is 19.3 Å². The fraction of sp³-hybridized carbons (Fsp3) is 0.714. The molecule has 1 N–H and O–H groups in total. The summed E-state index contributed by atoms with van der Waals surface area (Å²) in [5.74, 6) is 0.714. The number of carbonyl (C=O) groups is 1. The van der Waals surface area contributed by atoms with Crippen molar-refractivity contribution in [2.75, 3.05) is 0 Å². The zero-order valence-electron chi connectivity index (χ0n) is 11.1. The minimum absolute atomic E-state index is 0.142. The number of nitrogens with one attached hydrogen (secondary N) is 1. The Morgan fingerprint density at radius 3 is 3.00 bits per heavy atom. The first-order chi connectivity index (χ1) is 9.20. The molecular weight excluding hydrogens is 242 g/mol.